The van der Waals surface area contributed by atoms with E-state index in [0.29, 0.717) is 34.9 Å². The highest BCUT2D eigenvalue weighted by atomic mass is 16.5. The zero-order valence-corrected chi connectivity index (χ0v) is 22.2. The number of hydrogen-bond acceptors (Lipinski definition) is 6. The number of aliphatic hydroxyl groups is 1. The number of hydrogen-bond donors (Lipinski definition) is 1. The van der Waals surface area contributed by atoms with E-state index in [1.807, 2.05) is 65.6 Å². The number of para-hydroxylation sites is 1. The third kappa shape index (κ3) is 4.49. The van der Waals surface area contributed by atoms with Gasteiger partial charge in [0.05, 0.1) is 30.8 Å². The second-order valence-corrected chi connectivity index (χ2v) is 10.0. The molecule has 7 nitrogen and oxygen atoms in total. The Morgan fingerprint density at radius 1 is 1.08 bits per heavy atom. The van der Waals surface area contributed by atoms with Crippen LogP contribution in [0.2, 0.25) is 0 Å². The summed E-state index contributed by atoms with van der Waals surface area (Å²) in [5.74, 6) is 1.77. The zero-order chi connectivity index (χ0) is 27.1. The van der Waals surface area contributed by atoms with E-state index in [2.05, 4.69) is 17.3 Å². The molecule has 2 atom stereocenters. The van der Waals surface area contributed by atoms with Crippen LogP contribution >= 0.6 is 0 Å². The monoisotopic (exact) mass is 522 g/mol. The summed E-state index contributed by atoms with van der Waals surface area (Å²) < 4.78 is 16.9. The molecule has 2 aromatic heterocycles. The van der Waals surface area contributed by atoms with Gasteiger partial charge in [0.15, 0.2) is 0 Å². The minimum atomic E-state index is -0.983. The molecule has 0 aliphatic carbocycles. The van der Waals surface area contributed by atoms with Crippen molar-refractivity contribution in [2.24, 2.45) is 0 Å². The molecular weight excluding hydrogens is 492 g/mol. The Kier molecular flexibility index (Phi) is 6.45. The van der Waals surface area contributed by atoms with Crippen molar-refractivity contribution in [1.82, 2.24) is 10.1 Å². The van der Waals surface area contributed by atoms with Crippen molar-refractivity contribution < 1.29 is 23.6 Å². The van der Waals surface area contributed by atoms with Crippen molar-refractivity contribution >= 4 is 16.9 Å². The SMILES string of the molecule is COc1ccccc1C1c2ccccc2CCN1C(=O)Cc1ccc2oc(C(O)c3c(C)noc3C)cc2c1. The molecule has 1 aliphatic rings. The summed E-state index contributed by atoms with van der Waals surface area (Å²) in [5.41, 5.74) is 6.11. The summed E-state index contributed by atoms with van der Waals surface area (Å²) in [7, 11) is 1.66. The molecule has 1 aliphatic heterocycles. The predicted octanol–water partition coefficient (Wildman–Crippen LogP) is 5.84. The van der Waals surface area contributed by atoms with Crippen molar-refractivity contribution in [3.05, 3.63) is 118 Å². The van der Waals surface area contributed by atoms with Crippen molar-refractivity contribution in [2.75, 3.05) is 13.7 Å². The average Bonchev–Trinajstić information content (AvgIpc) is 3.54. The molecule has 0 radical (unpaired) electrons. The topological polar surface area (TPSA) is 88.9 Å². The molecule has 0 spiro atoms. The van der Waals surface area contributed by atoms with E-state index in [-0.39, 0.29) is 18.4 Å². The van der Waals surface area contributed by atoms with Gasteiger partial charge in [-0.05, 0) is 61.2 Å². The number of carbonyl (C=O) groups excluding carboxylic acids is 1. The van der Waals surface area contributed by atoms with Gasteiger partial charge in [-0.25, -0.2) is 0 Å². The van der Waals surface area contributed by atoms with E-state index in [9.17, 15) is 9.90 Å². The number of furan rings is 1. The molecule has 39 heavy (non-hydrogen) atoms. The van der Waals surface area contributed by atoms with Crippen molar-refractivity contribution in [3.63, 3.8) is 0 Å². The van der Waals surface area contributed by atoms with Gasteiger partial charge < -0.3 is 23.7 Å². The van der Waals surface area contributed by atoms with Gasteiger partial charge in [-0.1, -0.05) is 53.7 Å². The molecular formula is C32H30N2O5. The Labute approximate surface area is 226 Å². The summed E-state index contributed by atoms with van der Waals surface area (Å²) in [6.45, 7) is 4.18. The van der Waals surface area contributed by atoms with Crippen LogP contribution in [-0.4, -0.2) is 34.7 Å². The van der Waals surface area contributed by atoms with Crippen LogP contribution in [0.1, 0.15) is 57.2 Å². The van der Waals surface area contributed by atoms with Gasteiger partial charge in [0, 0.05) is 17.5 Å². The third-order valence-electron chi connectivity index (χ3n) is 7.62. The Hall–Kier alpha value is -4.36. The lowest BCUT2D eigenvalue weighted by Crippen LogP contribution is -2.41. The lowest BCUT2D eigenvalue weighted by Gasteiger charge is -2.38. The maximum absolute atomic E-state index is 13.8. The van der Waals surface area contributed by atoms with E-state index >= 15 is 0 Å². The highest BCUT2D eigenvalue weighted by Gasteiger charge is 2.33. The van der Waals surface area contributed by atoms with E-state index in [1.54, 1.807) is 21.0 Å². The lowest BCUT2D eigenvalue weighted by atomic mass is 9.87. The molecule has 7 heteroatoms. The van der Waals surface area contributed by atoms with E-state index < -0.39 is 6.10 Å². The van der Waals surface area contributed by atoms with Crippen molar-refractivity contribution in [3.8, 4) is 5.75 Å². The van der Waals surface area contributed by atoms with Crippen LogP contribution in [-0.2, 0) is 17.6 Å². The summed E-state index contributed by atoms with van der Waals surface area (Å²) >= 11 is 0. The number of aryl methyl sites for hydroxylation is 2. The van der Waals surface area contributed by atoms with Crippen molar-refractivity contribution in [2.45, 2.75) is 38.8 Å². The molecule has 3 heterocycles. The molecule has 0 saturated carbocycles. The first-order chi connectivity index (χ1) is 18.9. The number of amides is 1. The lowest BCUT2D eigenvalue weighted by molar-refractivity contribution is -0.132. The Bertz CT molecular complexity index is 1650. The second-order valence-electron chi connectivity index (χ2n) is 10.0. The molecule has 3 aromatic carbocycles. The van der Waals surface area contributed by atoms with Crippen LogP contribution in [0, 0.1) is 13.8 Å². The van der Waals surface area contributed by atoms with Crippen LogP contribution < -0.4 is 4.74 Å². The third-order valence-corrected chi connectivity index (χ3v) is 7.62. The fourth-order valence-electron chi connectivity index (χ4n) is 5.72. The molecule has 2 unspecified atom stereocenters. The number of aliphatic hydroxyl groups excluding tert-OH is 1. The molecule has 6 rings (SSSR count). The van der Waals surface area contributed by atoms with Crippen LogP contribution in [0.4, 0.5) is 0 Å². The minimum Gasteiger partial charge on any atom is -0.496 e. The van der Waals surface area contributed by atoms with Crippen LogP contribution in [0.5, 0.6) is 5.75 Å². The minimum absolute atomic E-state index is 0.0410. The van der Waals surface area contributed by atoms with E-state index in [1.165, 1.54) is 5.56 Å². The van der Waals surface area contributed by atoms with Gasteiger partial charge in [-0.15, -0.1) is 0 Å². The van der Waals surface area contributed by atoms with Gasteiger partial charge in [-0.3, -0.25) is 4.79 Å². The van der Waals surface area contributed by atoms with Gasteiger partial charge in [0.2, 0.25) is 5.91 Å². The van der Waals surface area contributed by atoms with Crippen LogP contribution in [0.3, 0.4) is 0 Å². The Balaban J connectivity index is 1.30. The number of fused-ring (bicyclic) bond motifs is 2. The smallest absolute Gasteiger partial charge is 0.227 e. The molecule has 198 valence electrons. The van der Waals surface area contributed by atoms with Gasteiger partial charge in [0.1, 0.15) is 29.0 Å². The number of benzene rings is 3. The summed E-state index contributed by atoms with van der Waals surface area (Å²) in [6, 6.07) is 23.5. The first kappa shape index (κ1) is 24.9. The number of aromatic nitrogens is 1. The maximum atomic E-state index is 13.8. The molecule has 1 amide bonds. The number of rotatable bonds is 6. The van der Waals surface area contributed by atoms with Crippen LogP contribution in [0.15, 0.2) is 81.7 Å². The quantitative estimate of drug-likeness (QED) is 0.301. The highest BCUT2D eigenvalue weighted by Crippen LogP contribution is 2.39. The van der Waals surface area contributed by atoms with Gasteiger partial charge >= 0.3 is 0 Å². The highest BCUT2D eigenvalue weighted by molar-refractivity contribution is 5.84. The number of carbonyl (C=O) groups is 1. The number of nitrogens with zero attached hydrogens (tertiary/aromatic N) is 2. The first-order valence-electron chi connectivity index (χ1n) is 13.1. The fraction of sp³-hybridized carbons (Fsp3) is 0.250. The van der Waals surface area contributed by atoms with E-state index in [0.717, 1.165) is 34.2 Å². The van der Waals surface area contributed by atoms with E-state index in [4.69, 9.17) is 13.7 Å². The predicted molar refractivity (Wildman–Crippen MR) is 147 cm³/mol. The Morgan fingerprint density at radius 2 is 1.85 bits per heavy atom. The Morgan fingerprint density at radius 3 is 2.62 bits per heavy atom. The van der Waals surface area contributed by atoms with Gasteiger partial charge in [-0.2, -0.15) is 0 Å². The maximum Gasteiger partial charge on any atom is 0.227 e. The summed E-state index contributed by atoms with van der Waals surface area (Å²) in [4.78, 5) is 15.8. The first-order valence-corrected chi connectivity index (χ1v) is 13.1. The number of ether oxygens (including phenoxy) is 1. The standard InChI is InChI=1S/C32H30N2O5/c1-19-30(20(2)39-33-19)32(36)28-18-23-16-21(12-13-26(23)38-28)17-29(35)34-15-14-22-8-4-5-9-24(22)31(34)25-10-6-7-11-27(25)37-3/h4-13,16,18,31-32,36H,14-15,17H2,1-3H3. The molecule has 1 N–H and O–H groups in total. The summed E-state index contributed by atoms with van der Waals surface area (Å²) in [6.07, 6.45) is 0.0669. The summed E-state index contributed by atoms with van der Waals surface area (Å²) in [5, 5.41) is 15.7. The average molecular weight is 523 g/mol. The second kappa shape index (κ2) is 10.1. The fourth-order valence-corrected chi connectivity index (χ4v) is 5.72. The van der Waals surface area contributed by atoms with Crippen molar-refractivity contribution in [1.29, 1.82) is 0 Å². The largest absolute Gasteiger partial charge is 0.496 e. The molecule has 0 bridgehead atoms. The molecule has 0 saturated heterocycles. The molecule has 0 fully saturated rings. The van der Waals surface area contributed by atoms with Gasteiger partial charge in [0.25, 0.3) is 0 Å². The number of methoxy groups -OCH3 is 1. The molecule has 5 aromatic rings. The zero-order valence-electron chi connectivity index (χ0n) is 22.2. The normalized spacial score (nSPS) is 15.8. The van der Waals surface area contributed by atoms with Crippen LogP contribution in [0.25, 0.3) is 11.0 Å².